The lowest BCUT2D eigenvalue weighted by Crippen LogP contribution is -2.31. The zero-order valence-electron chi connectivity index (χ0n) is 8.44. The predicted molar refractivity (Wildman–Crippen MR) is 59.3 cm³/mol. The summed E-state index contributed by atoms with van der Waals surface area (Å²) in [4.78, 5) is 13.0. The SMILES string of the molecule is CN(C)C(=O)c1cc(B(O)O)ccc1Cl. The average Bonchev–Trinajstić information content (AvgIpc) is 2.16. The summed E-state index contributed by atoms with van der Waals surface area (Å²) in [6.45, 7) is 0. The molecular formula is C9H11BClNO3. The second kappa shape index (κ2) is 4.66. The van der Waals surface area contributed by atoms with Gasteiger partial charge in [0.05, 0.1) is 10.6 Å². The van der Waals surface area contributed by atoms with Crippen molar-refractivity contribution in [3.05, 3.63) is 28.8 Å². The van der Waals surface area contributed by atoms with Crippen LogP contribution in [0.15, 0.2) is 18.2 Å². The minimum absolute atomic E-state index is 0.240. The fourth-order valence-corrected chi connectivity index (χ4v) is 1.31. The number of hydrogen-bond acceptors (Lipinski definition) is 3. The van der Waals surface area contributed by atoms with E-state index in [1.54, 1.807) is 14.1 Å². The molecular weight excluding hydrogens is 216 g/mol. The van der Waals surface area contributed by atoms with E-state index in [9.17, 15) is 4.79 Å². The monoisotopic (exact) mass is 227 g/mol. The van der Waals surface area contributed by atoms with Gasteiger partial charge >= 0.3 is 7.12 Å². The van der Waals surface area contributed by atoms with Crippen molar-refractivity contribution in [2.75, 3.05) is 14.1 Å². The molecule has 0 bridgehead atoms. The van der Waals surface area contributed by atoms with E-state index in [1.165, 1.54) is 23.1 Å². The summed E-state index contributed by atoms with van der Waals surface area (Å²) in [5.74, 6) is -0.275. The minimum Gasteiger partial charge on any atom is -0.423 e. The molecule has 0 aliphatic carbocycles. The molecule has 0 atom stereocenters. The van der Waals surface area contributed by atoms with E-state index >= 15 is 0 Å². The van der Waals surface area contributed by atoms with Crippen LogP contribution in [0.5, 0.6) is 0 Å². The maximum Gasteiger partial charge on any atom is 0.488 e. The van der Waals surface area contributed by atoms with Gasteiger partial charge in [0.2, 0.25) is 0 Å². The highest BCUT2D eigenvalue weighted by Gasteiger charge is 2.17. The zero-order valence-corrected chi connectivity index (χ0v) is 9.19. The Hall–Kier alpha value is -1.04. The summed E-state index contributed by atoms with van der Waals surface area (Å²) < 4.78 is 0. The first-order chi connectivity index (χ1) is 6.93. The highest BCUT2D eigenvalue weighted by Crippen LogP contribution is 2.15. The van der Waals surface area contributed by atoms with Crippen LogP contribution in [0.4, 0.5) is 0 Å². The lowest BCUT2D eigenvalue weighted by Gasteiger charge is -2.12. The Morgan fingerprint density at radius 3 is 2.47 bits per heavy atom. The molecule has 15 heavy (non-hydrogen) atoms. The van der Waals surface area contributed by atoms with Crippen molar-refractivity contribution in [1.29, 1.82) is 0 Å². The molecule has 6 heteroatoms. The van der Waals surface area contributed by atoms with Gasteiger partial charge in [-0.2, -0.15) is 0 Å². The fraction of sp³-hybridized carbons (Fsp3) is 0.222. The van der Waals surface area contributed by atoms with Crippen molar-refractivity contribution >= 4 is 30.1 Å². The molecule has 0 saturated heterocycles. The second-order valence-electron chi connectivity index (χ2n) is 3.31. The quantitative estimate of drug-likeness (QED) is 0.683. The van der Waals surface area contributed by atoms with Gasteiger partial charge in [-0.1, -0.05) is 17.7 Å². The molecule has 0 spiro atoms. The summed E-state index contributed by atoms with van der Waals surface area (Å²) in [6, 6.07) is 4.29. The molecule has 1 aromatic rings. The van der Waals surface area contributed by atoms with Crippen LogP contribution in [0.3, 0.4) is 0 Å². The van der Waals surface area contributed by atoms with Gasteiger partial charge in [-0.25, -0.2) is 0 Å². The van der Waals surface area contributed by atoms with Crippen LogP contribution in [-0.4, -0.2) is 42.1 Å². The molecule has 80 valence electrons. The van der Waals surface area contributed by atoms with Crippen LogP contribution < -0.4 is 5.46 Å². The summed E-state index contributed by atoms with van der Waals surface area (Å²) in [5, 5.41) is 18.2. The lowest BCUT2D eigenvalue weighted by molar-refractivity contribution is 0.0828. The summed E-state index contributed by atoms with van der Waals surface area (Å²) in [5.41, 5.74) is 0.497. The molecule has 0 heterocycles. The third kappa shape index (κ3) is 2.71. The maximum absolute atomic E-state index is 11.6. The third-order valence-corrected chi connectivity index (χ3v) is 2.25. The Morgan fingerprint density at radius 2 is 2.00 bits per heavy atom. The van der Waals surface area contributed by atoms with Crippen LogP contribution in [-0.2, 0) is 0 Å². The fourth-order valence-electron chi connectivity index (χ4n) is 1.11. The highest BCUT2D eigenvalue weighted by atomic mass is 35.5. The molecule has 0 unspecified atom stereocenters. The van der Waals surface area contributed by atoms with E-state index in [4.69, 9.17) is 21.6 Å². The van der Waals surface area contributed by atoms with Crippen LogP contribution in [0, 0.1) is 0 Å². The van der Waals surface area contributed by atoms with Gasteiger partial charge in [-0.3, -0.25) is 4.79 Å². The van der Waals surface area contributed by atoms with Crippen LogP contribution in [0.25, 0.3) is 0 Å². The van der Waals surface area contributed by atoms with Crippen molar-refractivity contribution < 1.29 is 14.8 Å². The molecule has 1 rings (SSSR count). The van der Waals surface area contributed by atoms with Gasteiger partial charge in [0, 0.05) is 14.1 Å². The third-order valence-electron chi connectivity index (χ3n) is 1.93. The molecule has 0 aliphatic rings. The number of rotatable bonds is 2. The number of halogens is 1. The van der Waals surface area contributed by atoms with Gasteiger partial charge in [0.15, 0.2) is 0 Å². The van der Waals surface area contributed by atoms with E-state index in [1.807, 2.05) is 0 Å². The topological polar surface area (TPSA) is 60.8 Å². The average molecular weight is 227 g/mol. The van der Waals surface area contributed by atoms with Crippen LogP contribution in [0.1, 0.15) is 10.4 Å². The molecule has 0 radical (unpaired) electrons. The van der Waals surface area contributed by atoms with Crippen LogP contribution >= 0.6 is 11.6 Å². The van der Waals surface area contributed by atoms with Crippen LogP contribution in [0.2, 0.25) is 5.02 Å². The Labute approximate surface area is 93.2 Å². The summed E-state index contributed by atoms with van der Waals surface area (Å²) in [6.07, 6.45) is 0. The Kier molecular flexibility index (Phi) is 3.74. The summed E-state index contributed by atoms with van der Waals surface area (Å²) >= 11 is 5.83. The first kappa shape index (κ1) is 12.0. The van der Waals surface area contributed by atoms with E-state index in [0.29, 0.717) is 0 Å². The van der Waals surface area contributed by atoms with Crippen molar-refractivity contribution in [1.82, 2.24) is 4.90 Å². The van der Waals surface area contributed by atoms with Crippen molar-refractivity contribution in [2.24, 2.45) is 0 Å². The molecule has 1 amide bonds. The number of carbonyl (C=O) groups is 1. The molecule has 0 saturated carbocycles. The van der Waals surface area contributed by atoms with E-state index in [2.05, 4.69) is 0 Å². The lowest BCUT2D eigenvalue weighted by atomic mass is 9.79. The molecule has 2 N–H and O–H groups in total. The number of carbonyl (C=O) groups excluding carboxylic acids is 1. The highest BCUT2D eigenvalue weighted by molar-refractivity contribution is 6.58. The molecule has 1 aromatic carbocycles. The van der Waals surface area contributed by atoms with Crippen molar-refractivity contribution in [3.8, 4) is 0 Å². The number of nitrogens with zero attached hydrogens (tertiary/aromatic N) is 1. The van der Waals surface area contributed by atoms with Gasteiger partial charge in [0.25, 0.3) is 5.91 Å². The largest absolute Gasteiger partial charge is 0.488 e. The van der Waals surface area contributed by atoms with Gasteiger partial charge in [0.1, 0.15) is 0 Å². The maximum atomic E-state index is 11.6. The second-order valence-corrected chi connectivity index (χ2v) is 3.72. The first-order valence-electron chi connectivity index (χ1n) is 4.30. The van der Waals surface area contributed by atoms with Gasteiger partial charge in [-0.05, 0) is 17.6 Å². The predicted octanol–water partition coefficient (Wildman–Crippen LogP) is -0.278. The van der Waals surface area contributed by atoms with Gasteiger partial charge < -0.3 is 14.9 Å². The van der Waals surface area contributed by atoms with Crippen molar-refractivity contribution in [2.45, 2.75) is 0 Å². The minimum atomic E-state index is -1.60. The summed E-state index contributed by atoms with van der Waals surface area (Å²) in [7, 11) is 1.59. The van der Waals surface area contributed by atoms with Gasteiger partial charge in [-0.15, -0.1) is 0 Å². The first-order valence-corrected chi connectivity index (χ1v) is 4.68. The Morgan fingerprint density at radius 1 is 1.40 bits per heavy atom. The van der Waals surface area contributed by atoms with Crippen molar-refractivity contribution in [3.63, 3.8) is 0 Å². The standard InChI is InChI=1S/C9H11BClNO3/c1-12(2)9(13)7-5-6(10(14)15)3-4-8(7)11/h3-5,14-15H,1-2H3. The normalized spacial score (nSPS) is 9.93. The van der Waals surface area contributed by atoms with E-state index in [0.717, 1.165) is 0 Å². The number of amides is 1. The molecule has 0 fully saturated rings. The molecule has 0 aliphatic heterocycles. The number of benzene rings is 1. The van der Waals surface area contributed by atoms with E-state index in [-0.39, 0.29) is 22.0 Å². The zero-order chi connectivity index (χ0) is 11.6. The number of hydrogen-bond donors (Lipinski definition) is 2. The Bertz CT molecular complexity index is 382. The molecule has 4 nitrogen and oxygen atoms in total. The smallest absolute Gasteiger partial charge is 0.423 e. The molecule has 0 aromatic heterocycles. The van der Waals surface area contributed by atoms with E-state index < -0.39 is 7.12 Å². The Balaban J connectivity index is 3.16.